The number of aromatic amines is 1. The first-order valence-electron chi connectivity index (χ1n) is 5.91. The molecule has 0 amide bonds. The lowest BCUT2D eigenvalue weighted by atomic mass is 10.2. The van der Waals surface area contributed by atoms with Crippen molar-refractivity contribution in [3.05, 3.63) is 40.7 Å². The van der Waals surface area contributed by atoms with Crippen molar-refractivity contribution in [1.29, 1.82) is 0 Å². The van der Waals surface area contributed by atoms with Crippen LogP contribution in [0.5, 0.6) is 0 Å². The largest absolute Gasteiger partial charge is 0.480 e. The third-order valence-corrected chi connectivity index (χ3v) is 3.63. The van der Waals surface area contributed by atoms with Crippen LogP contribution in [-0.4, -0.2) is 36.3 Å². The molecule has 3 aromatic rings. The number of tetrazole rings is 1. The summed E-state index contributed by atoms with van der Waals surface area (Å²) in [6.45, 7) is -0.340. The van der Waals surface area contributed by atoms with Gasteiger partial charge >= 0.3 is 5.97 Å². The number of aromatic nitrogens is 5. The predicted molar refractivity (Wildman–Crippen MR) is 74.1 cm³/mol. The van der Waals surface area contributed by atoms with Crippen molar-refractivity contribution in [3.63, 3.8) is 0 Å². The number of carbonyl (C=O) groups is 1. The second-order valence-electron chi connectivity index (χ2n) is 4.16. The molecule has 106 valence electrons. The zero-order chi connectivity index (χ0) is 14.8. The van der Waals surface area contributed by atoms with Crippen LogP contribution in [-0.2, 0) is 11.3 Å². The molecule has 2 aromatic heterocycles. The zero-order valence-corrected chi connectivity index (χ0v) is 11.4. The summed E-state index contributed by atoms with van der Waals surface area (Å²) in [4.78, 5) is 25.4. The Hall–Kier alpha value is -2.68. The van der Waals surface area contributed by atoms with Gasteiger partial charge in [-0.15, -0.1) is 5.10 Å². The molecule has 21 heavy (non-hydrogen) atoms. The molecule has 3 rings (SSSR count). The summed E-state index contributed by atoms with van der Waals surface area (Å²) in [5.41, 5.74) is -0.215. The highest BCUT2D eigenvalue weighted by atomic mass is 32.2. The topological polar surface area (TPSA) is 114 Å². The lowest BCUT2D eigenvalue weighted by Gasteiger charge is -2.03. The lowest BCUT2D eigenvalue weighted by Crippen LogP contribution is -2.12. The normalized spacial score (nSPS) is 10.9. The average Bonchev–Trinajstić information content (AvgIpc) is 2.85. The number of aliphatic carboxylic acids is 1. The van der Waals surface area contributed by atoms with Gasteiger partial charge in [0.1, 0.15) is 6.54 Å². The van der Waals surface area contributed by atoms with Crippen LogP contribution < -0.4 is 5.56 Å². The predicted octanol–water partition coefficient (Wildman–Crippen LogP) is 0.750. The molecule has 0 atom stereocenters. The smallest absolute Gasteiger partial charge is 0.325 e. The SMILES string of the molecule is O=C(O)Cn1nnnc1Sc1cc2ccccc2c(=O)[nH]1. The molecule has 0 spiro atoms. The third kappa shape index (κ3) is 2.77. The van der Waals surface area contributed by atoms with Gasteiger partial charge in [-0.25, -0.2) is 4.68 Å². The molecule has 0 aliphatic carbocycles. The number of H-pyrrole nitrogens is 1. The van der Waals surface area contributed by atoms with Crippen molar-refractivity contribution >= 4 is 28.5 Å². The Morgan fingerprint density at radius 3 is 3.00 bits per heavy atom. The minimum atomic E-state index is -1.05. The van der Waals surface area contributed by atoms with E-state index in [4.69, 9.17) is 5.11 Å². The number of hydrogen-bond donors (Lipinski definition) is 2. The summed E-state index contributed by atoms with van der Waals surface area (Å²) in [5, 5.41) is 21.8. The maximum atomic E-state index is 12.0. The Labute approximate surface area is 121 Å². The van der Waals surface area contributed by atoms with E-state index in [0.717, 1.165) is 21.8 Å². The number of nitrogens with zero attached hydrogens (tertiary/aromatic N) is 4. The molecule has 0 bridgehead atoms. The molecule has 8 nitrogen and oxygen atoms in total. The van der Waals surface area contributed by atoms with Gasteiger partial charge in [0.25, 0.3) is 5.56 Å². The Bertz CT molecular complexity index is 872. The fourth-order valence-electron chi connectivity index (χ4n) is 1.84. The number of carboxylic acids is 1. The van der Waals surface area contributed by atoms with Crippen LogP contribution in [0.3, 0.4) is 0 Å². The van der Waals surface area contributed by atoms with Gasteiger partial charge in [-0.3, -0.25) is 9.59 Å². The van der Waals surface area contributed by atoms with Crippen LogP contribution in [0, 0.1) is 0 Å². The van der Waals surface area contributed by atoms with Gasteiger partial charge in [-0.1, -0.05) is 18.2 Å². The molecule has 2 heterocycles. The fraction of sp³-hybridized carbons (Fsp3) is 0.0833. The van der Waals surface area contributed by atoms with Gasteiger partial charge in [0, 0.05) is 5.39 Å². The Morgan fingerprint density at radius 2 is 2.19 bits per heavy atom. The van der Waals surface area contributed by atoms with E-state index in [0.29, 0.717) is 15.6 Å². The minimum Gasteiger partial charge on any atom is -0.480 e. The summed E-state index contributed by atoms with van der Waals surface area (Å²) in [6, 6.07) is 8.98. The number of rotatable bonds is 4. The minimum absolute atomic E-state index is 0.215. The molecule has 0 unspecified atom stereocenters. The highest BCUT2D eigenvalue weighted by molar-refractivity contribution is 7.99. The van der Waals surface area contributed by atoms with Crippen LogP contribution >= 0.6 is 11.8 Å². The molecule has 0 radical (unpaired) electrons. The van der Waals surface area contributed by atoms with Crippen LogP contribution in [0.2, 0.25) is 0 Å². The number of hydrogen-bond acceptors (Lipinski definition) is 6. The molecule has 0 fully saturated rings. The van der Waals surface area contributed by atoms with Crippen molar-refractivity contribution in [3.8, 4) is 0 Å². The van der Waals surface area contributed by atoms with Gasteiger partial charge in [0.15, 0.2) is 0 Å². The maximum Gasteiger partial charge on any atom is 0.325 e. The van der Waals surface area contributed by atoms with Crippen LogP contribution in [0.25, 0.3) is 10.8 Å². The van der Waals surface area contributed by atoms with Crippen LogP contribution in [0.1, 0.15) is 0 Å². The number of fused-ring (bicyclic) bond motifs is 1. The number of pyridine rings is 1. The summed E-state index contributed by atoms with van der Waals surface area (Å²) in [6.07, 6.45) is 0. The van der Waals surface area contributed by atoms with Crippen molar-refractivity contribution in [2.24, 2.45) is 0 Å². The lowest BCUT2D eigenvalue weighted by molar-refractivity contribution is -0.138. The van der Waals surface area contributed by atoms with Crippen molar-refractivity contribution < 1.29 is 9.90 Å². The number of nitrogens with one attached hydrogen (secondary N) is 1. The zero-order valence-electron chi connectivity index (χ0n) is 10.6. The van der Waals surface area contributed by atoms with Crippen LogP contribution in [0.15, 0.2) is 45.3 Å². The van der Waals surface area contributed by atoms with E-state index < -0.39 is 5.97 Å². The van der Waals surface area contributed by atoms with Crippen molar-refractivity contribution in [2.45, 2.75) is 16.7 Å². The highest BCUT2D eigenvalue weighted by Gasteiger charge is 2.12. The third-order valence-electron chi connectivity index (χ3n) is 2.71. The Kier molecular flexibility index (Phi) is 3.40. The molecule has 0 aliphatic heterocycles. The molecule has 1 aromatic carbocycles. The van der Waals surface area contributed by atoms with E-state index in [1.54, 1.807) is 18.2 Å². The molecule has 0 saturated carbocycles. The molecule has 0 saturated heterocycles. The molecule has 2 N–H and O–H groups in total. The van der Waals surface area contributed by atoms with E-state index >= 15 is 0 Å². The summed E-state index contributed by atoms with van der Waals surface area (Å²) in [7, 11) is 0. The number of benzene rings is 1. The first-order valence-corrected chi connectivity index (χ1v) is 6.73. The van der Waals surface area contributed by atoms with Crippen LogP contribution in [0.4, 0.5) is 0 Å². The van der Waals surface area contributed by atoms with Crippen molar-refractivity contribution in [1.82, 2.24) is 25.2 Å². The molecule has 0 aliphatic rings. The van der Waals surface area contributed by atoms with Gasteiger partial charge in [-0.2, -0.15) is 0 Å². The molecular formula is C12H9N5O3S. The van der Waals surface area contributed by atoms with Gasteiger partial charge in [0.2, 0.25) is 5.16 Å². The average molecular weight is 303 g/mol. The quantitative estimate of drug-likeness (QED) is 0.731. The van der Waals surface area contributed by atoms with E-state index in [2.05, 4.69) is 20.5 Å². The van der Waals surface area contributed by atoms with E-state index in [-0.39, 0.29) is 12.1 Å². The fourth-order valence-corrected chi connectivity index (χ4v) is 2.65. The monoisotopic (exact) mass is 303 g/mol. The second kappa shape index (κ2) is 5.37. The molecule has 9 heteroatoms. The Morgan fingerprint density at radius 1 is 1.38 bits per heavy atom. The van der Waals surface area contributed by atoms with Gasteiger partial charge in [-0.05, 0) is 39.7 Å². The van der Waals surface area contributed by atoms with Crippen molar-refractivity contribution in [2.75, 3.05) is 0 Å². The van der Waals surface area contributed by atoms with Gasteiger partial charge in [0.05, 0.1) is 5.03 Å². The Balaban J connectivity index is 1.97. The number of carboxylic acid groups (broad SMARTS) is 1. The standard InChI is InChI=1S/C12H9N5O3S/c18-10(19)6-17-12(14-15-16-17)21-9-5-7-3-1-2-4-8(7)11(20)13-9/h1-5H,6H2,(H,13,20)(H,18,19). The summed E-state index contributed by atoms with van der Waals surface area (Å²) >= 11 is 1.10. The van der Waals surface area contributed by atoms with E-state index in [1.807, 2.05) is 12.1 Å². The van der Waals surface area contributed by atoms with E-state index in [1.165, 1.54) is 0 Å². The molecular weight excluding hydrogens is 294 g/mol. The highest BCUT2D eigenvalue weighted by Crippen LogP contribution is 2.24. The maximum absolute atomic E-state index is 12.0. The summed E-state index contributed by atoms with van der Waals surface area (Å²) in [5.74, 6) is -1.05. The first kappa shape index (κ1) is 13.3. The second-order valence-corrected chi connectivity index (χ2v) is 5.17. The summed E-state index contributed by atoms with van der Waals surface area (Å²) < 4.78 is 1.15. The van der Waals surface area contributed by atoms with E-state index in [9.17, 15) is 9.59 Å². The first-order chi connectivity index (χ1) is 10.1. The van der Waals surface area contributed by atoms with Gasteiger partial charge < -0.3 is 10.1 Å².